The van der Waals surface area contributed by atoms with E-state index >= 15 is 0 Å². The van der Waals surface area contributed by atoms with Crippen LogP contribution in [0.1, 0.15) is 25.7 Å². The van der Waals surface area contributed by atoms with E-state index in [-0.39, 0.29) is 0 Å². The highest BCUT2D eigenvalue weighted by Crippen LogP contribution is 1.95. The first-order valence-corrected chi connectivity index (χ1v) is 6.36. The lowest BCUT2D eigenvalue weighted by Gasteiger charge is -2.03. The summed E-state index contributed by atoms with van der Waals surface area (Å²) in [5.74, 6) is 1.55. The number of nitrogens with two attached hydrogens (primary N) is 1. The summed E-state index contributed by atoms with van der Waals surface area (Å²) in [6, 6.07) is 0. The second-order valence-electron chi connectivity index (χ2n) is 3.14. The molecule has 84 valence electrons. The van der Waals surface area contributed by atoms with Crippen molar-refractivity contribution in [2.24, 2.45) is 10.9 Å². The summed E-state index contributed by atoms with van der Waals surface area (Å²) < 4.78 is 0. The summed E-state index contributed by atoms with van der Waals surface area (Å²) in [5.41, 5.74) is 5.33. The number of hydrogen-bond donors (Lipinski definition) is 3. The molecule has 0 aromatic rings. The van der Waals surface area contributed by atoms with E-state index < -0.39 is 0 Å². The number of nitrogens with zero attached hydrogens (tertiary/aromatic N) is 1. The molecule has 0 fully saturated rings. The van der Waals surface area contributed by atoms with E-state index in [0.29, 0.717) is 12.3 Å². The van der Waals surface area contributed by atoms with Gasteiger partial charge in [-0.05, 0) is 44.4 Å². The van der Waals surface area contributed by atoms with E-state index in [0.717, 1.165) is 25.9 Å². The highest BCUT2D eigenvalue weighted by atomic mass is 32.2. The van der Waals surface area contributed by atoms with E-state index in [1.807, 2.05) is 11.8 Å². The summed E-state index contributed by atoms with van der Waals surface area (Å²) in [7, 11) is 0. The number of rotatable bonds is 9. The molecule has 4 N–H and O–H groups in total. The molecule has 0 heterocycles. The molecule has 0 aromatic carbocycles. The Bertz CT molecular complexity index is 153. The van der Waals surface area contributed by atoms with Gasteiger partial charge in [-0.2, -0.15) is 11.8 Å². The lowest BCUT2D eigenvalue weighted by Crippen LogP contribution is -2.18. The standard InChI is InChI=1S/C9H21N3OS/c1-14-8-4-7-11-6-3-2-5-9(10)12-13/h11,13H,2-8H2,1H3,(H2,10,12). The van der Waals surface area contributed by atoms with E-state index in [1.54, 1.807) is 0 Å². The third kappa shape index (κ3) is 9.67. The van der Waals surface area contributed by atoms with Gasteiger partial charge in [0.2, 0.25) is 0 Å². The van der Waals surface area contributed by atoms with Crippen LogP contribution < -0.4 is 11.1 Å². The van der Waals surface area contributed by atoms with Crippen molar-refractivity contribution < 1.29 is 5.21 Å². The molecule has 5 heteroatoms. The van der Waals surface area contributed by atoms with Crippen molar-refractivity contribution in [2.75, 3.05) is 25.1 Å². The summed E-state index contributed by atoms with van der Waals surface area (Å²) in [4.78, 5) is 0. The smallest absolute Gasteiger partial charge is 0.139 e. The van der Waals surface area contributed by atoms with Gasteiger partial charge in [0.05, 0.1) is 0 Å². The minimum atomic E-state index is 0.326. The van der Waals surface area contributed by atoms with Gasteiger partial charge in [-0.3, -0.25) is 0 Å². The van der Waals surface area contributed by atoms with Gasteiger partial charge in [0.1, 0.15) is 5.84 Å². The molecule has 0 spiro atoms. The fourth-order valence-corrected chi connectivity index (χ4v) is 1.51. The second-order valence-corrected chi connectivity index (χ2v) is 4.13. The van der Waals surface area contributed by atoms with Crippen molar-refractivity contribution in [3.05, 3.63) is 0 Å². The average Bonchev–Trinajstić information content (AvgIpc) is 2.21. The van der Waals surface area contributed by atoms with Crippen molar-refractivity contribution in [2.45, 2.75) is 25.7 Å². The molecule has 0 aliphatic carbocycles. The topological polar surface area (TPSA) is 70.6 Å². The van der Waals surface area contributed by atoms with Crippen molar-refractivity contribution in [1.82, 2.24) is 5.32 Å². The van der Waals surface area contributed by atoms with E-state index in [9.17, 15) is 0 Å². The normalized spacial score (nSPS) is 11.9. The zero-order valence-corrected chi connectivity index (χ0v) is 9.65. The fraction of sp³-hybridized carbons (Fsp3) is 0.889. The minimum Gasteiger partial charge on any atom is -0.409 e. The maximum atomic E-state index is 8.28. The molecule has 0 saturated heterocycles. The lowest BCUT2D eigenvalue weighted by molar-refractivity contribution is 0.316. The zero-order valence-electron chi connectivity index (χ0n) is 8.83. The number of hydrogen-bond acceptors (Lipinski definition) is 4. The number of oxime groups is 1. The number of nitrogens with one attached hydrogen (secondary N) is 1. The molecule has 0 aromatic heterocycles. The van der Waals surface area contributed by atoms with Gasteiger partial charge in [-0.25, -0.2) is 0 Å². The Hall–Kier alpha value is -0.420. The quantitative estimate of drug-likeness (QED) is 0.179. The minimum absolute atomic E-state index is 0.326. The molecular formula is C9H21N3OS. The lowest BCUT2D eigenvalue weighted by atomic mass is 10.2. The Kier molecular flexibility index (Phi) is 10.3. The molecule has 0 unspecified atom stereocenters. The SMILES string of the molecule is CSCCCNCCCCC(N)=NO. The van der Waals surface area contributed by atoms with Crippen molar-refractivity contribution in [3.8, 4) is 0 Å². The number of thioether (sulfide) groups is 1. The molecule has 4 nitrogen and oxygen atoms in total. The van der Waals surface area contributed by atoms with Crippen molar-refractivity contribution >= 4 is 17.6 Å². The molecule has 0 amide bonds. The van der Waals surface area contributed by atoms with Crippen LogP contribution in [0.3, 0.4) is 0 Å². The van der Waals surface area contributed by atoms with Gasteiger partial charge in [-0.15, -0.1) is 0 Å². The van der Waals surface area contributed by atoms with Crippen LogP contribution in [0.25, 0.3) is 0 Å². The molecule has 0 rings (SSSR count). The molecule has 0 saturated carbocycles. The van der Waals surface area contributed by atoms with Crippen LogP contribution in [-0.2, 0) is 0 Å². The Morgan fingerprint density at radius 3 is 2.71 bits per heavy atom. The number of amidine groups is 1. The molecule has 0 radical (unpaired) electrons. The molecular weight excluding hydrogens is 198 g/mol. The van der Waals surface area contributed by atoms with E-state index in [4.69, 9.17) is 10.9 Å². The van der Waals surface area contributed by atoms with Gasteiger partial charge in [-0.1, -0.05) is 5.16 Å². The fourth-order valence-electron chi connectivity index (χ4n) is 1.07. The molecule has 0 aliphatic rings. The summed E-state index contributed by atoms with van der Waals surface area (Å²) in [5, 5.41) is 14.6. The van der Waals surface area contributed by atoms with Gasteiger partial charge >= 0.3 is 0 Å². The molecule has 0 atom stereocenters. The zero-order chi connectivity index (χ0) is 10.6. The van der Waals surface area contributed by atoms with Gasteiger partial charge < -0.3 is 16.3 Å². The van der Waals surface area contributed by atoms with Gasteiger partial charge in [0.25, 0.3) is 0 Å². The summed E-state index contributed by atoms with van der Waals surface area (Å²) >= 11 is 1.88. The molecule has 0 bridgehead atoms. The average molecular weight is 219 g/mol. The van der Waals surface area contributed by atoms with Crippen LogP contribution >= 0.6 is 11.8 Å². The maximum absolute atomic E-state index is 8.28. The number of unbranched alkanes of at least 4 members (excludes halogenated alkanes) is 1. The van der Waals surface area contributed by atoms with Crippen LogP contribution in [0.2, 0.25) is 0 Å². The Morgan fingerprint density at radius 1 is 1.36 bits per heavy atom. The van der Waals surface area contributed by atoms with Crippen molar-refractivity contribution in [3.63, 3.8) is 0 Å². The molecule has 14 heavy (non-hydrogen) atoms. The largest absolute Gasteiger partial charge is 0.409 e. The van der Waals surface area contributed by atoms with Gasteiger partial charge in [0.15, 0.2) is 0 Å². The third-order valence-electron chi connectivity index (χ3n) is 1.87. The third-order valence-corrected chi connectivity index (χ3v) is 2.56. The summed E-state index contributed by atoms with van der Waals surface area (Å²) in [6.45, 7) is 2.11. The van der Waals surface area contributed by atoms with Crippen LogP contribution in [0.5, 0.6) is 0 Å². The van der Waals surface area contributed by atoms with Crippen LogP contribution in [0.15, 0.2) is 5.16 Å². The second kappa shape index (κ2) is 10.7. The Balaban J connectivity index is 2.99. The van der Waals surface area contributed by atoms with Crippen LogP contribution in [0, 0.1) is 0 Å². The first-order valence-electron chi connectivity index (χ1n) is 4.97. The Labute approximate surface area is 90.3 Å². The molecule has 0 aliphatic heterocycles. The van der Waals surface area contributed by atoms with Crippen LogP contribution in [-0.4, -0.2) is 36.1 Å². The van der Waals surface area contributed by atoms with Crippen LogP contribution in [0.4, 0.5) is 0 Å². The van der Waals surface area contributed by atoms with Gasteiger partial charge in [0, 0.05) is 6.42 Å². The Morgan fingerprint density at radius 2 is 2.07 bits per heavy atom. The monoisotopic (exact) mass is 219 g/mol. The highest BCUT2D eigenvalue weighted by molar-refractivity contribution is 7.98. The predicted molar refractivity (Wildman–Crippen MR) is 63.1 cm³/mol. The maximum Gasteiger partial charge on any atom is 0.139 e. The van der Waals surface area contributed by atoms with E-state index in [1.165, 1.54) is 12.2 Å². The highest BCUT2D eigenvalue weighted by Gasteiger charge is 1.93. The van der Waals surface area contributed by atoms with Crippen molar-refractivity contribution in [1.29, 1.82) is 0 Å². The predicted octanol–water partition coefficient (Wildman–Crippen LogP) is 1.25. The summed E-state index contributed by atoms with van der Waals surface area (Å²) in [6.07, 6.45) is 6.09. The first kappa shape index (κ1) is 13.6. The first-order chi connectivity index (χ1) is 6.81. The van der Waals surface area contributed by atoms with E-state index in [2.05, 4.69) is 16.7 Å².